The highest BCUT2D eigenvalue weighted by atomic mass is 16.6. The third kappa shape index (κ3) is 6.37. The smallest absolute Gasteiger partial charge is 0.399 e. The van der Waals surface area contributed by atoms with Crippen LogP contribution in [0, 0.1) is 0 Å². The van der Waals surface area contributed by atoms with E-state index in [1.807, 2.05) is 64.5 Å². The Labute approximate surface area is 259 Å². The molecule has 0 unspecified atom stereocenters. The Morgan fingerprint density at radius 2 is 1.82 bits per heavy atom. The first-order valence-corrected chi connectivity index (χ1v) is 15.4. The van der Waals surface area contributed by atoms with Crippen molar-refractivity contribution in [3.05, 3.63) is 92.6 Å². The van der Waals surface area contributed by atoms with Crippen molar-refractivity contribution in [2.24, 2.45) is 5.16 Å². The molecule has 1 fully saturated rings. The number of ether oxygens (including phenoxy) is 1. The van der Waals surface area contributed by atoms with Crippen molar-refractivity contribution in [1.82, 2.24) is 29.3 Å². The molecule has 0 spiro atoms. The van der Waals surface area contributed by atoms with Gasteiger partial charge in [-0.15, -0.1) is 0 Å². The van der Waals surface area contributed by atoms with Crippen LogP contribution < -0.4 is 11.3 Å². The van der Waals surface area contributed by atoms with Gasteiger partial charge in [-0.2, -0.15) is 10.1 Å². The molecule has 0 aliphatic heterocycles. The largest absolute Gasteiger partial charge is 0.439 e. The van der Waals surface area contributed by atoms with Gasteiger partial charge >= 0.3 is 5.76 Å². The molecule has 0 radical (unpaired) electrons. The summed E-state index contributed by atoms with van der Waals surface area (Å²) in [6, 6.07) is 15.8. The number of oxime groups is 1. The van der Waals surface area contributed by atoms with Crippen LogP contribution in [0.5, 0.6) is 0 Å². The first-order chi connectivity index (χ1) is 22.0. The Kier molecular flexibility index (Phi) is 9.01. The third-order valence-corrected chi connectivity index (χ3v) is 8.37. The lowest BCUT2D eigenvalue weighted by Crippen LogP contribution is -2.35. The SMILES string of the molecule is CCCc1c(Cc2ccc(-c3ccccc3-c3noc(=O)[nH]3)cc2)c(=O)n(C2CCC(OC/C(C)=N/OC)CC2)c2ncnn12. The average Bonchev–Trinajstić information content (AvgIpc) is 3.72. The quantitative estimate of drug-likeness (QED) is 0.163. The summed E-state index contributed by atoms with van der Waals surface area (Å²) >= 11 is 0. The Balaban J connectivity index is 1.28. The number of hydrogen-bond donors (Lipinski definition) is 1. The molecule has 1 N–H and O–H groups in total. The van der Waals surface area contributed by atoms with E-state index in [1.54, 1.807) is 0 Å². The van der Waals surface area contributed by atoms with E-state index in [9.17, 15) is 9.59 Å². The molecule has 0 bridgehead atoms. The van der Waals surface area contributed by atoms with Crippen molar-refractivity contribution >= 4 is 11.5 Å². The minimum atomic E-state index is -0.600. The molecule has 3 aromatic heterocycles. The first kappa shape index (κ1) is 30.2. The number of fused-ring (bicyclic) bond motifs is 1. The van der Waals surface area contributed by atoms with Crippen molar-refractivity contribution in [2.45, 2.75) is 70.9 Å². The highest BCUT2D eigenvalue weighted by Crippen LogP contribution is 2.32. The normalized spacial score (nSPS) is 17.2. The monoisotopic (exact) mass is 611 g/mol. The number of nitrogens with one attached hydrogen (secondary N) is 1. The van der Waals surface area contributed by atoms with Gasteiger partial charge in [0.2, 0.25) is 5.78 Å². The molecule has 1 saturated carbocycles. The molecule has 1 aliphatic carbocycles. The molecular formula is C33H37N7O5. The fourth-order valence-electron chi connectivity index (χ4n) is 6.26. The van der Waals surface area contributed by atoms with E-state index < -0.39 is 5.76 Å². The van der Waals surface area contributed by atoms with Gasteiger partial charge in [-0.25, -0.2) is 9.31 Å². The Bertz CT molecular complexity index is 1910. The lowest BCUT2D eigenvalue weighted by molar-refractivity contribution is 0.0402. The highest BCUT2D eigenvalue weighted by Gasteiger charge is 2.28. The molecule has 1 aliphatic rings. The Morgan fingerprint density at radius 1 is 1.07 bits per heavy atom. The topological polar surface area (TPSA) is 142 Å². The van der Waals surface area contributed by atoms with Crippen LogP contribution >= 0.6 is 0 Å². The third-order valence-electron chi connectivity index (χ3n) is 8.37. The molecule has 6 rings (SSSR count). The van der Waals surface area contributed by atoms with Gasteiger partial charge in [-0.3, -0.25) is 18.9 Å². The van der Waals surface area contributed by atoms with Gasteiger partial charge in [0.05, 0.1) is 24.1 Å². The van der Waals surface area contributed by atoms with Crippen molar-refractivity contribution in [3.63, 3.8) is 0 Å². The molecule has 2 aromatic carbocycles. The second-order valence-electron chi connectivity index (χ2n) is 11.4. The fraction of sp³-hybridized carbons (Fsp3) is 0.394. The fourth-order valence-corrected chi connectivity index (χ4v) is 6.26. The summed E-state index contributed by atoms with van der Waals surface area (Å²) in [5.74, 6) is 0.371. The van der Waals surface area contributed by atoms with Gasteiger partial charge in [0.15, 0.2) is 5.82 Å². The summed E-state index contributed by atoms with van der Waals surface area (Å²) in [5, 5.41) is 12.4. The molecule has 12 nitrogen and oxygen atoms in total. The van der Waals surface area contributed by atoms with E-state index in [0.717, 1.165) is 77.7 Å². The summed E-state index contributed by atoms with van der Waals surface area (Å²) in [6.45, 7) is 4.41. The van der Waals surface area contributed by atoms with Crippen LogP contribution in [0.2, 0.25) is 0 Å². The number of benzene rings is 2. The van der Waals surface area contributed by atoms with Gasteiger partial charge in [0, 0.05) is 23.6 Å². The standard InChI is InChI=1S/C33H37N7O5/c1-4-7-29-28(18-22-10-12-23(13-11-22)26-8-5-6-9-27(26)30-36-33(42)45-38-30)31(41)39(32-34-20-35-40(29)32)24-14-16-25(17-15-24)44-19-21(2)37-43-3/h5-6,8-13,20,24-25H,4,7,14-19H2,1-3H3,(H,36,38,42)/b37-21+. The first-order valence-electron chi connectivity index (χ1n) is 15.4. The lowest BCUT2D eigenvalue weighted by Gasteiger charge is -2.30. The van der Waals surface area contributed by atoms with E-state index in [0.29, 0.717) is 24.6 Å². The number of nitrogens with zero attached hydrogens (tertiary/aromatic N) is 6. The van der Waals surface area contributed by atoms with Gasteiger partial charge in [-0.1, -0.05) is 72.2 Å². The Morgan fingerprint density at radius 3 is 2.51 bits per heavy atom. The zero-order chi connectivity index (χ0) is 31.3. The molecule has 5 aromatic rings. The predicted molar refractivity (Wildman–Crippen MR) is 169 cm³/mol. The van der Waals surface area contributed by atoms with Gasteiger partial charge in [0.25, 0.3) is 5.56 Å². The van der Waals surface area contributed by atoms with Crippen LogP contribution in [0.4, 0.5) is 0 Å². The maximum atomic E-state index is 14.3. The highest BCUT2D eigenvalue weighted by molar-refractivity contribution is 5.82. The van der Waals surface area contributed by atoms with Gasteiger partial charge < -0.3 is 9.57 Å². The Hall–Kier alpha value is -4.84. The number of hydrogen-bond acceptors (Lipinski definition) is 9. The molecular weight excluding hydrogens is 574 g/mol. The number of aromatic nitrogens is 6. The van der Waals surface area contributed by atoms with Crippen molar-refractivity contribution < 1.29 is 14.1 Å². The van der Waals surface area contributed by atoms with Crippen LogP contribution in [0.3, 0.4) is 0 Å². The van der Waals surface area contributed by atoms with Crippen LogP contribution in [0.15, 0.2) is 74.1 Å². The molecule has 12 heteroatoms. The van der Waals surface area contributed by atoms with Crippen LogP contribution in [0.25, 0.3) is 28.3 Å². The maximum absolute atomic E-state index is 14.3. The van der Waals surface area contributed by atoms with Gasteiger partial charge in [0.1, 0.15) is 13.4 Å². The minimum Gasteiger partial charge on any atom is -0.399 e. The van der Waals surface area contributed by atoms with Crippen LogP contribution in [0.1, 0.15) is 68.8 Å². The number of aryl methyl sites for hydroxylation is 1. The molecule has 234 valence electrons. The molecule has 0 amide bonds. The zero-order valence-corrected chi connectivity index (χ0v) is 25.7. The maximum Gasteiger partial charge on any atom is 0.439 e. The summed E-state index contributed by atoms with van der Waals surface area (Å²) in [4.78, 5) is 37.9. The molecule has 3 heterocycles. The van der Waals surface area contributed by atoms with Crippen molar-refractivity contribution in [3.8, 4) is 22.5 Å². The van der Waals surface area contributed by atoms with Crippen LogP contribution in [-0.4, -0.2) is 54.8 Å². The van der Waals surface area contributed by atoms with E-state index in [4.69, 9.17) is 14.1 Å². The number of rotatable bonds is 11. The number of H-pyrrole nitrogens is 1. The van der Waals surface area contributed by atoms with Gasteiger partial charge in [-0.05, 0) is 55.7 Å². The zero-order valence-electron chi connectivity index (χ0n) is 25.7. The van der Waals surface area contributed by atoms with Crippen LogP contribution in [-0.2, 0) is 22.4 Å². The van der Waals surface area contributed by atoms with E-state index in [-0.39, 0.29) is 17.7 Å². The van der Waals surface area contributed by atoms with Crippen molar-refractivity contribution in [2.75, 3.05) is 13.7 Å². The summed E-state index contributed by atoms with van der Waals surface area (Å²) in [6.07, 6.45) is 7.02. The molecule has 45 heavy (non-hydrogen) atoms. The molecule has 0 atom stereocenters. The average molecular weight is 612 g/mol. The minimum absolute atomic E-state index is 0.00389. The van der Waals surface area contributed by atoms with E-state index in [2.05, 4.69) is 32.3 Å². The van der Waals surface area contributed by atoms with E-state index in [1.165, 1.54) is 13.4 Å². The van der Waals surface area contributed by atoms with E-state index >= 15 is 0 Å². The van der Waals surface area contributed by atoms with Crippen molar-refractivity contribution in [1.29, 1.82) is 0 Å². The summed E-state index contributed by atoms with van der Waals surface area (Å²) < 4.78 is 14.5. The summed E-state index contributed by atoms with van der Waals surface area (Å²) in [7, 11) is 1.53. The summed E-state index contributed by atoms with van der Waals surface area (Å²) in [5.41, 5.74) is 6.08. The number of aromatic amines is 1. The second kappa shape index (κ2) is 13.4. The lowest BCUT2D eigenvalue weighted by atomic mass is 9.92. The second-order valence-corrected chi connectivity index (χ2v) is 11.4. The predicted octanol–water partition coefficient (Wildman–Crippen LogP) is 4.97. The molecule has 0 saturated heterocycles.